The van der Waals surface area contributed by atoms with Gasteiger partial charge in [0.2, 0.25) is 5.91 Å². The van der Waals surface area contributed by atoms with Crippen molar-refractivity contribution in [2.75, 3.05) is 53.1 Å². The molecule has 224 valence electrons. The van der Waals surface area contributed by atoms with Gasteiger partial charge in [-0.1, -0.05) is 12.1 Å². The molecule has 12 nitrogen and oxygen atoms in total. The number of amides is 3. The van der Waals surface area contributed by atoms with E-state index in [0.717, 1.165) is 5.56 Å². The van der Waals surface area contributed by atoms with Crippen LogP contribution in [0.25, 0.3) is 0 Å². The summed E-state index contributed by atoms with van der Waals surface area (Å²) >= 11 is 0. The summed E-state index contributed by atoms with van der Waals surface area (Å²) in [6, 6.07) is 7.15. The summed E-state index contributed by atoms with van der Waals surface area (Å²) in [4.78, 5) is 60.4. The van der Waals surface area contributed by atoms with Crippen molar-refractivity contribution in [1.82, 2.24) is 25.5 Å². The van der Waals surface area contributed by atoms with Crippen molar-refractivity contribution in [1.29, 1.82) is 0 Å². The fourth-order valence-electron chi connectivity index (χ4n) is 4.68. The second-order valence-corrected chi connectivity index (χ2v) is 10.1. The van der Waals surface area contributed by atoms with Gasteiger partial charge in [0, 0.05) is 52.0 Å². The highest BCUT2D eigenvalue weighted by atomic mass is 16.5. The van der Waals surface area contributed by atoms with E-state index in [0.29, 0.717) is 69.1 Å². The first kappa shape index (κ1) is 31.6. The summed E-state index contributed by atoms with van der Waals surface area (Å²) in [7, 11) is 1.56. The summed E-state index contributed by atoms with van der Waals surface area (Å²) < 4.78 is 16.4. The molecule has 3 N–H and O–H groups in total. The first-order valence-corrected chi connectivity index (χ1v) is 14.0. The van der Waals surface area contributed by atoms with Gasteiger partial charge in [-0.15, -0.1) is 0 Å². The minimum Gasteiger partial charge on any atom is -0.484 e. The average molecular weight is 572 g/mol. The molecule has 1 aromatic heterocycles. The number of ether oxygens (including phenoxy) is 3. The minimum atomic E-state index is -1.05. The van der Waals surface area contributed by atoms with E-state index in [4.69, 9.17) is 14.2 Å². The van der Waals surface area contributed by atoms with Crippen LogP contribution in [-0.4, -0.2) is 91.7 Å². The number of fused-ring (bicyclic) bond motifs is 17. The van der Waals surface area contributed by atoms with Gasteiger partial charge in [0.05, 0.1) is 18.3 Å². The monoisotopic (exact) mass is 571 g/mol. The van der Waals surface area contributed by atoms with Crippen molar-refractivity contribution in [3.05, 3.63) is 47.5 Å². The second-order valence-electron chi connectivity index (χ2n) is 10.1. The molecular weight excluding hydrogens is 530 g/mol. The summed E-state index contributed by atoms with van der Waals surface area (Å²) in [5, 5.41) is 5.74. The molecule has 0 aliphatic carbocycles. The molecule has 0 saturated heterocycles. The molecular formula is C29H41N5O7. The highest BCUT2D eigenvalue weighted by molar-refractivity contribution is 5.93. The fourth-order valence-corrected chi connectivity index (χ4v) is 4.68. The Kier molecular flexibility index (Phi) is 12.1. The number of nitrogens with zero attached hydrogens (tertiary/aromatic N) is 2. The number of H-pyrrole nitrogens is 1. The number of aromatic nitrogens is 2. The van der Waals surface area contributed by atoms with Crippen molar-refractivity contribution >= 4 is 23.7 Å². The molecule has 12 heteroatoms. The molecule has 0 saturated carbocycles. The van der Waals surface area contributed by atoms with Crippen LogP contribution >= 0.6 is 0 Å². The topological polar surface area (TPSA) is 152 Å². The standard InChI is InChI=1S/C29H41N5O7/c1-4-40-28(38)29(12-16-39-3)17-22-8-10-23(11-9-22)41-18-25(36)30-13-6-15-34(14-5-7-24(35)31-19-29)27(37)26-21(2)32-20-33-26/h8-11,20H,4-7,12-19H2,1-3H3,(H,30,36)(H,31,35)(H,32,33). The highest BCUT2D eigenvalue weighted by Crippen LogP contribution is 2.30. The van der Waals surface area contributed by atoms with Gasteiger partial charge in [-0.05, 0) is 57.2 Å². The van der Waals surface area contributed by atoms with Gasteiger partial charge in [-0.2, -0.15) is 0 Å². The van der Waals surface area contributed by atoms with E-state index in [2.05, 4.69) is 20.6 Å². The number of imidazole rings is 1. The Labute approximate surface area is 240 Å². The number of hydrogen-bond donors (Lipinski definition) is 3. The zero-order chi connectivity index (χ0) is 29.7. The van der Waals surface area contributed by atoms with Crippen LogP contribution in [0.4, 0.5) is 0 Å². The summed E-state index contributed by atoms with van der Waals surface area (Å²) in [5.74, 6) is -0.657. The Balaban J connectivity index is 1.82. The normalized spacial score (nSPS) is 19.5. The number of aromatic amines is 1. The van der Waals surface area contributed by atoms with Gasteiger partial charge in [0.25, 0.3) is 11.8 Å². The Hall–Kier alpha value is -3.93. The number of esters is 1. The fraction of sp³-hybridized carbons (Fsp3) is 0.552. The second kappa shape index (κ2) is 15.8. The third-order valence-electron chi connectivity index (χ3n) is 7.03. The number of rotatable bonds is 6. The molecule has 2 bridgehead atoms. The maximum absolute atomic E-state index is 13.3. The van der Waals surface area contributed by atoms with E-state index >= 15 is 0 Å². The molecule has 4 rings (SSSR count). The van der Waals surface area contributed by atoms with Gasteiger partial charge in [0.15, 0.2) is 6.61 Å². The Morgan fingerprint density at radius 1 is 1.10 bits per heavy atom. The summed E-state index contributed by atoms with van der Waals surface area (Å²) in [6.07, 6.45) is 3.20. The molecule has 41 heavy (non-hydrogen) atoms. The quantitative estimate of drug-likeness (QED) is 0.444. The van der Waals surface area contributed by atoms with Gasteiger partial charge in [-0.3, -0.25) is 19.2 Å². The lowest BCUT2D eigenvalue weighted by Gasteiger charge is -2.32. The van der Waals surface area contributed by atoms with E-state index in [1.165, 1.54) is 6.33 Å². The zero-order valence-corrected chi connectivity index (χ0v) is 24.1. The number of aryl methyl sites for hydroxylation is 1. The van der Waals surface area contributed by atoms with Crippen LogP contribution in [0.15, 0.2) is 30.6 Å². The van der Waals surface area contributed by atoms with Crippen molar-refractivity contribution in [2.24, 2.45) is 5.41 Å². The van der Waals surface area contributed by atoms with E-state index in [1.54, 1.807) is 38.0 Å². The van der Waals surface area contributed by atoms with Crippen molar-refractivity contribution in [3.8, 4) is 5.75 Å². The summed E-state index contributed by atoms with van der Waals surface area (Å²) in [5.41, 5.74) is 0.773. The first-order chi connectivity index (χ1) is 19.8. The maximum Gasteiger partial charge on any atom is 0.314 e. The van der Waals surface area contributed by atoms with Gasteiger partial charge in [0.1, 0.15) is 11.4 Å². The average Bonchev–Trinajstić information content (AvgIpc) is 3.40. The highest BCUT2D eigenvalue weighted by Gasteiger charge is 2.40. The van der Waals surface area contributed by atoms with Crippen LogP contribution in [0, 0.1) is 12.3 Å². The SMILES string of the molecule is CCOC(=O)C1(CCOC)CNC(=O)CCCN(C(=O)c2nc[nH]c2C)CCCNC(=O)COc2ccc(cc2)C1. The number of carbonyl (C=O) groups excluding carboxylic acids is 4. The first-order valence-electron chi connectivity index (χ1n) is 14.0. The largest absolute Gasteiger partial charge is 0.484 e. The lowest BCUT2D eigenvalue weighted by molar-refractivity contribution is -0.156. The van der Waals surface area contributed by atoms with E-state index in [-0.39, 0.29) is 43.9 Å². The Bertz CT molecular complexity index is 1170. The number of hydrogen-bond acceptors (Lipinski definition) is 8. The number of carbonyl (C=O) groups is 4. The van der Waals surface area contributed by atoms with Crippen molar-refractivity contribution < 1.29 is 33.4 Å². The lowest BCUT2D eigenvalue weighted by atomic mass is 9.78. The lowest BCUT2D eigenvalue weighted by Crippen LogP contribution is -2.46. The third kappa shape index (κ3) is 9.31. The van der Waals surface area contributed by atoms with Crippen LogP contribution in [-0.2, 0) is 30.3 Å². The minimum absolute atomic E-state index is 0.0710. The van der Waals surface area contributed by atoms with Crippen LogP contribution < -0.4 is 15.4 Å². The Morgan fingerprint density at radius 2 is 1.85 bits per heavy atom. The zero-order valence-electron chi connectivity index (χ0n) is 24.1. The summed E-state index contributed by atoms with van der Waals surface area (Å²) in [6.45, 7) is 5.00. The number of nitrogens with one attached hydrogen (secondary N) is 3. The Morgan fingerprint density at radius 3 is 2.54 bits per heavy atom. The van der Waals surface area contributed by atoms with Crippen LogP contribution in [0.3, 0.4) is 0 Å². The molecule has 1 unspecified atom stereocenters. The molecule has 0 spiro atoms. The van der Waals surface area contributed by atoms with Crippen molar-refractivity contribution in [2.45, 2.75) is 46.0 Å². The van der Waals surface area contributed by atoms with Gasteiger partial charge in [-0.25, -0.2) is 4.98 Å². The van der Waals surface area contributed by atoms with Crippen molar-refractivity contribution in [3.63, 3.8) is 0 Å². The molecule has 0 fully saturated rings. The molecule has 2 aliphatic rings. The van der Waals surface area contributed by atoms with Crippen LogP contribution in [0.5, 0.6) is 5.75 Å². The number of benzene rings is 1. The molecule has 2 aliphatic heterocycles. The smallest absolute Gasteiger partial charge is 0.314 e. The predicted molar refractivity (Wildman–Crippen MR) is 150 cm³/mol. The number of methoxy groups -OCH3 is 1. The predicted octanol–water partition coefficient (Wildman–Crippen LogP) is 1.78. The van der Waals surface area contributed by atoms with Crippen LogP contribution in [0.1, 0.15) is 54.4 Å². The van der Waals surface area contributed by atoms with Gasteiger partial charge >= 0.3 is 5.97 Å². The van der Waals surface area contributed by atoms with E-state index < -0.39 is 11.4 Å². The van der Waals surface area contributed by atoms with Crippen LogP contribution in [0.2, 0.25) is 0 Å². The van der Waals surface area contributed by atoms with Gasteiger partial charge < -0.3 is 34.7 Å². The van der Waals surface area contributed by atoms with E-state index in [1.807, 2.05) is 12.1 Å². The molecule has 1 atom stereocenters. The molecule has 3 amide bonds. The molecule has 2 aromatic rings. The molecule has 0 radical (unpaired) electrons. The molecule has 3 heterocycles. The molecule has 1 aromatic carbocycles. The van der Waals surface area contributed by atoms with E-state index in [9.17, 15) is 19.2 Å². The third-order valence-corrected chi connectivity index (χ3v) is 7.03. The maximum atomic E-state index is 13.3.